The first-order chi connectivity index (χ1) is 25.5. The van der Waals surface area contributed by atoms with Crippen LogP contribution in [0.3, 0.4) is 0 Å². The zero-order valence-electron chi connectivity index (χ0n) is 34.3. The fraction of sp³-hybridized carbons (Fsp3) is 0.280. The van der Waals surface area contributed by atoms with Crippen molar-refractivity contribution in [2.75, 3.05) is 9.80 Å². The van der Waals surface area contributed by atoms with Crippen LogP contribution in [0, 0.1) is 41.5 Å². The van der Waals surface area contributed by atoms with Crippen LogP contribution >= 0.6 is 0 Å². The minimum Gasteiger partial charge on any atom is -0.307 e. The third-order valence-electron chi connectivity index (χ3n) is 12.6. The number of aryl methyl sites for hydroxylation is 6. The quantitative estimate of drug-likeness (QED) is 0.166. The van der Waals surface area contributed by atoms with E-state index >= 15 is 0 Å². The molecule has 6 aromatic rings. The van der Waals surface area contributed by atoms with Crippen LogP contribution in [0.2, 0.25) is 0 Å². The Kier molecular flexibility index (Phi) is 7.59. The molecule has 0 amide bonds. The Morgan fingerprint density at radius 1 is 0.389 bits per heavy atom. The van der Waals surface area contributed by atoms with Crippen molar-refractivity contribution in [3.05, 3.63) is 142 Å². The average molecular weight is 703 g/mol. The third-order valence-corrected chi connectivity index (χ3v) is 12.6. The molecule has 0 aromatic heterocycles. The minimum atomic E-state index is 0.0241. The molecule has 3 heterocycles. The Bertz CT molecular complexity index is 2340. The highest BCUT2D eigenvalue weighted by Gasteiger charge is 2.47. The lowest BCUT2D eigenvalue weighted by molar-refractivity contribution is 0.590. The van der Waals surface area contributed by atoms with E-state index in [9.17, 15) is 0 Å². The maximum atomic E-state index is 2.62. The van der Waals surface area contributed by atoms with Gasteiger partial charge in [-0.1, -0.05) is 159 Å². The van der Waals surface area contributed by atoms with Gasteiger partial charge >= 0.3 is 0 Å². The first kappa shape index (κ1) is 34.8. The van der Waals surface area contributed by atoms with Crippen molar-refractivity contribution in [1.29, 1.82) is 0 Å². The number of benzene rings is 6. The molecule has 0 N–H and O–H groups in total. The topological polar surface area (TPSA) is 6.48 Å². The van der Waals surface area contributed by atoms with E-state index in [1.54, 1.807) is 0 Å². The number of hydrogen-bond acceptors (Lipinski definition) is 2. The molecule has 0 saturated carbocycles. The molecule has 4 heteroatoms. The standard InChI is InChI=1S/C50H52B2N2/c1-29-23-31(3)45(32(4)24-29)51-37-15-13-17-43-47(37)53(41-21-19-35(27-39(41)51)49(7,8)9)44-18-14-16-38-48(44)54(43)42-22-20-36(50(10,11)12)28-40(42)52(38)46-33(5)25-30(2)26-34(46)6/h13-28H,1-12H3. The summed E-state index contributed by atoms with van der Waals surface area (Å²) in [5.74, 6) is 0. The Balaban J connectivity index is 1.40. The van der Waals surface area contributed by atoms with E-state index in [1.807, 2.05) is 0 Å². The maximum absolute atomic E-state index is 2.62. The van der Waals surface area contributed by atoms with E-state index in [0.717, 1.165) is 0 Å². The van der Waals surface area contributed by atoms with E-state index in [0.29, 0.717) is 0 Å². The first-order valence-electron chi connectivity index (χ1n) is 19.8. The third kappa shape index (κ3) is 5.01. The van der Waals surface area contributed by atoms with Crippen molar-refractivity contribution < 1.29 is 0 Å². The van der Waals surface area contributed by atoms with Crippen molar-refractivity contribution in [3.8, 4) is 0 Å². The van der Waals surface area contributed by atoms with Gasteiger partial charge < -0.3 is 9.80 Å². The summed E-state index contributed by atoms with van der Waals surface area (Å²) in [6, 6.07) is 38.4. The summed E-state index contributed by atoms with van der Waals surface area (Å²) in [5, 5.41) is 0. The molecule has 0 saturated heterocycles. The molecule has 6 aromatic carbocycles. The van der Waals surface area contributed by atoms with E-state index in [4.69, 9.17) is 0 Å². The fourth-order valence-corrected chi connectivity index (χ4v) is 10.3. The van der Waals surface area contributed by atoms with Crippen LogP contribution in [-0.2, 0) is 10.8 Å². The normalized spacial score (nSPS) is 14.1. The molecule has 0 bridgehead atoms. The van der Waals surface area contributed by atoms with Gasteiger partial charge in [0.1, 0.15) is 0 Å². The number of fused-ring (bicyclic) bond motifs is 6. The number of anilines is 6. The van der Waals surface area contributed by atoms with Gasteiger partial charge in [-0.3, -0.25) is 0 Å². The predicted molar refractivity (Wildman–Crippen MR) is 237 cm³/mol. The molecule has 0 radical (unpaired) electrons. The number of para-hydroxylation sites is 2. The molecule has 3 aliphatic rings. The van der Waals surface area contributed by atoms with Crippen LogP contribution < -0.4 is 42.6 Å². The highest BCUT2D eigenvalue weighted by molar-refractivity contribution is 7.00. The molecule has 54 heavy (non-hydrogen) atoms. The highest BCUT2D eigenvalue weighted by Crippen LogP contribution is 2.55. The summed E-state index contributed by atoms with van der Waals surface area (Å²) in [7, 11) is 0. The van der Waals surface area contributed by atoms with Gasteiger partial charge in [0.15, 0.2) is 0 Å². The van der Waals surface area contributed by atoms with Gasteiger partial charge in [0, 0.05) is 11.4 Å². The van der Waals surface area contributed by atoms with Gasteiger partial charge in [-0.05, 0) is 110 Å². The molecule has 268 valence electrons. The number of hydrogen-bond donors (Lipinski definition) is 0. The Hall–Kier alpha value is -4.95. The monoisotopic (exact) mass is 702 g/mol. The Morgan fingerprint density at radius 2 is 0.741 bits per heavy atom. The lowest BCUT2D eigenvalue weighted by Gasteiger charge is -2.49. The first-order valence-corrected chi connectivity index (χ1v) is 19.8. The molecule has 2 nitrogen and oxygen atoms in total. The number of rotatable bonds is 2. The molecule has 0 fully saturated rings. The molecule has 9 rings (SSSR count). The van der Waals surface area contributed by atoms with Crippen LogP contribution in [0.1, 0.15) is 86.1 Å². The van der Waals surface area contributed by atoms with Gasteiger partial charge in [-0.15, -0.1) is 0 Å². The molecule has 3 aliphatic heterocycles. The van der Waals surface area contributed by atoms with Crippen molar-refractivity contribution in [2.45, 2.75) is 93.9 Å². The second kappa shape index (κ2) is 11.8. The molecular formula is C50H52B2N2. The maximum Gasteiger partial charge on any atom is 0.247 e. The van der Waals surface area contributed by atoms with Crippen molar-refractivity contribution >= 4 is 80.3 Å². The van der Waals surface area contributed by atoms with E-state index < -0.39 is 0 Å². The molecule has 0 unspecified atom stereocenters. The second-order valence-corrected chi connectivity index (χ2v) is 18.6. The smallest absolute Gasteiger partial charge is 0.247 e. The second-order valence-electron chi connectivity index (χ2n) is 18.6. The lowest BCUT2D eigenvalue weighted by atomic mass is 9.33. The zero-order valence-corrected chi connectivity index (χ0v) is 34.3. The van der Waals surface area contributed by atoms with Crippen molar-refractivity contribution in [3.63, 3.8) is 0 Å². The summed E-state index contributed by atoms with van der Waals surface area (Å²) in [6.45, 7) is 28.0. The summed E-state index contributed by atoms with van der Waals surface area (Å²) in [6.07, 6.45) is 0. The lowest BCUT2D eigenvalue weighted by Crippen LogP contribution is -2.62. The fourth-order valence-electron chi connectivity index (χ4n) is 10.3. The van der Waals surface area contributed by atoms with Gasteiger partial charge in [-0.25, -0.2) is 0 Å². The zero-order chi connectivity index (χ0) is 38.2. The Morgan fingerprint density at radius 3 is 1.07 bits per heavy atom. The highest BCUT2D eigenvalue weighted by atomic mass is 15.3. The van der Waals surface area contributed by atoms with E-state index in [1.165, 1.54) is 111 Å². The van der Waals surface area contributed by atoms with Crippen LogP contribution in [0.5, 0.6) is 0 Å². The number of nitrogens with zero attached hydrogens (tertiary/aromatic N) is 2. The summed E-state index contributed by atoms with van der Waals surface area (Å²) < 4.78 is 0. The largest absolute Gasteiger partial charge is 0.307 e. The van der Waals surface area contributed by atoms with Crippen molar-refractivity contribution in [2.24, 2.45) is 0 Å². The molecule has 0 aliphatic carbocycles. The van der Waals surface area contributed by atoms with Gasteiger partial charge in [0.25, 0.3) is 0 Å². The Labute approximate surface area is 324 Å². The van der Waals surface area contributed by atoms with Gasteiger partial charge in [0.05, 0.1) is 22.7 Å². The van der Waals surface area contributed by atoms with Crippen LogP contribution in [0.25, 0.3) is 0 Å². The van der Waals surface area contributed by atoms with E-state index in [-0.39, 0.29) is 24.3 Å². The summed E-state index contributed by atoms with van der Waals surface area (Å²) >= 11 is 0. The van der Waals surface area contributed by atoms with Crippen molar-refractivity contribution in [1.82, 2.24) is 0 Å². The van der Waals surface area contributed by atoms with Crippen LogP contribution in [0.15, 0.2) is 97.1 Å². The van der Waals surface area contributed by atoms with Crippen LogP contribution in [0.4, 0.5) is 34.1 Å². The molecule has 0 atom stereocenters. The molecule has 0 spiro atoms. The summed E-state index contributed by atoms with van der Waals surface area (Å²) in [4.78, 5) is 5.25. The van der Waals surface area contributed by atoms with Crippen LogP contribution in [-0.4, -0.2) is 13.4 Å². The molecular weight excluding hydrogens is 650 g/mol. The SMILES string of the molecule is Cc1cc(C)c(B2c3cc(C(C)(C)C)ccc3N3c4cccc5c4N(c4ccc(C(C)(C)C)cc4B5c4c(C)cc(C)cc4C)c4cccc2c43)c(C)c1. The predicted octanol–water partition coefficient (Wildman–Crippen LogP) is 9.04. The van der Waals surface area contributed by atoms with E-state index in [2.05, 4.69) is 190 Å². The van der Waals surface area contributed by atoms with Gasteiger partial charge in [0.2, 0.25) is 13.4 Å². The van der Waals surface area contributed by atoms with Gasteiger partial charge in [-0.2, -0.15) is 0 Å². The minimum absolute atomic E-state index is 0.0241. The summed E-state index contributed by atoms with van der Waals surface area (Å²) in [5.41, 5.74) is 26.9. The average Bonchev–Trinajstić information content (AvgIpc) is 3.09.